The summed E-state index contributed by atoms with van der Waals surface area (Å²) in [6, 6.07) is 7.40. The first-order chi connectivity index (χ1) is 11.6. The Hall–Kier alpha value is -2.67. The molecule has 0 radical (unpaired) electrons. The fraction of sp³-hybridized carbons (Fsp3) is 0.235. The second-order valence-corrected chi connectivity index (χ2v) is 6.03. The second-order valence-electron chi connectivity index (χ2n) is 4.97. The molecule has 0 bridgehead atoms. The van der Waals surface area contributed by atoms with Crippen molar-refractivity contribution >= 4 is 29.2 Å². The normalized spacial score (nSPS) is 10.6. The van der Waals surface area contributed by atoms with E-state index in [0.29, 0.717) is 6.54 Å². The van der Waals surface area contributed by atoms with Gasteiger partial charge in [-0.3, -0.25) is 9.59 Å². The summed E-state index contributed by atoms with van der Waals surface area (Å²) in [6.45, 7) is 2.22. The van der Waals surface area contributed by atoms with Crippen LogP contribution in [0.25, 0.3) is 6.08 Å². The molecule has 0 aliphatic heterocycles. The number of hydrogen-bond acceptors (Lipinski definition) is 5. The highest BCUT2D eigenvalue weighted by molar-refractivity contribution is 7.09. The van der Waals surface area contributed by atoms with Crippen molar-refractivity contribution in [1.29, 1.82) is 0 Å². The van der Waals surface area contributed by atoms with Gasteiger partial charge in [0.25, 0.3) is 0 Å². The van der Waals surface area contributed by atoms with Gasteiger partial charge in [-0.15, -0.1) is 11.3 Å². The molecular formula is C17H19N3O3S. The summed E-state index contributed by atoms with van der Waals surface area (Å²) in [6.07, 6.45) is 2.99. The molecule has 1 heterocycles. The van der Waals surface area contributed by atoms with E-state index in [4.69, 9.17) is 4.74 Å². The van der Waals surface area contributed by atoms with Crippen LogP contribution in [-0.2, 0) is 16.1 Å². The molecule has 24 heavy (non-hydrogen) atoms. The molecule has 2 rings (SSSR count). The Bertz CT molecular complexity index is 723. The lowest BCUT2D eigenvalue weighted by Gasteiger charge is -2.06. The molecular weight excluding hydrogens is 326 g/mol. The monoisotopic (exact) mass is 345 g/mol. The lowest BCUT2D eigenvalue weighted by molar-refractivity contribution is -0.124. The van der Waals surface area contributed by atoms with Gasteiger partial charge in [0.15, 0.2) is 0 Å². The number of aromatic nitrogens is 1. The van der Waals surface area contributed by atoms with Gasteiger partial charge in [-0.1, -0.05) is 12.1 Å². The number of carbonyl (C=O) groups excluding carboxylic acids is 2. The third-order valence-corrected chi connectivity index (χ3v) is 3.91. The molecule has 0 atom stereocenters. The van der Waals surface area contributed by atoms with Gasteiger partial charge in [-0.25, -0.2) is 4.98 Å². The molecule has 2 amide bonds. The van der Waals surface area contributed by atoms with Crippen LogP contribution in [0.2, 0.25) is 0 Å². The molecule has 126 valence electrons. The SMILES string of the molecule is COc1ccc(CNC(=O)CNC(=O)C=Cc2csc(C)n2)cc1. The predicted octanol–water partition coefficient (Wildman–Crippen LogP) is 1.91. The average molecular weight is 345 g/mol. The summed E-state index contributed by atoms with van der Waals surface area (Å²) < 4.78 is 5.07. The van der Waals surface area contributed by atoms with Crippen molar-refractivity contribution in [3.63, 3.8) is 0 Å². The molecule has 2 aromatic rings. The number of hydrogen-bond donors (Lipinski definition) is 2. The Kier molecular flexibility index (Phi) is 6.51. The summed E-state index contributed by atoms with van der Waals surface area (Å²) in [5.41, 5.74) is 1.69. The van der Waals surface area contributed by atoms with Gasteiger partial charge in [-0.2, -0.15) is 0 Å². The number of carbonyl (C=O) groups is 2. The van der Waals surface area contributed by atoms with Crippen molar-refractivity contribution in [1.82, 2.24) is 15.6 Å². The fourth-order valence-corrected chi connectivity index (χ4v) is 2.43. The number of nitrogens with one attached hydrogen (secondary N) is 2. The molecule has 0 aliphatic carbocycles. The Morgan fingerprint density at radius 2 is 2.00 bits per heavy atom. The third kappa shape index (κ3) is 5.85. The van der Waals surface area contributed by atoms with Crippen LogP contribution < -0.4 is 15.4 Å². The number of nitrogens with zero attached hydrogens (tertiary/aromatic N) is 1. The highest BCUT2D eigenvalue weighted by atomic mass is 32.1. The standard InChI is InChI=1S/C17H19N3O3S/c1-12-20-14(11-24-12)5-8-16(21)19-10-17(22)18-9-13-3-6-15(23-2)7-4-13/h3-8,11H,9-10H2,1-2H3,(H,18,22)(H,19,21). The van der Waals surface area contributed by atoms with Crippen molar-refractivity contribution in [3.05, 3.63) is 52.0 Å². The van der Waals surface area contributed by atoms with E-state index in [0.717, 1.165) is 22.0 Å². The van der Waals surface area contributed by atoms with E-state index in [-0.39, 0.29) is 18.4 Å². The topological polar surface area (TPSA) is 80.3 Å². The zero-order valence-corrected chi connectivity index (χ0v) is 14.4. The molecule has 0 fully saturated rings. The molecule has 1 aromatic carbocycles. The first-order valence-electron chi connectivity index (χ1n) is 7.34. The van der Waals surface area contributed by atoms with Crippen molar-refractivity contribution in [2.45, 2.75) is 13.5 Å². The third-order valence-electron chi connectivity index (χ3n) is 3.11. The van der Waals surface area contributed by atoms with Gasteiger partial charge in [0.1, 0.15) is 5.75 Å². The Labute approximate surface area is 144 Å². The van der Waals surface area contributed by atoms with E-state index in [2.05, 4.69) is 15.6 Å². The molecule has 1 aromatic heterocycles. The number of aryl methyl sites for hydroxylation is 1. The van der Waals surface area contributed by atoms with E-state index in [9.17, 15) is 9.59 Å². The molecule has 0 aliphatic rings. The minimum absolute atomic E-state index is 0.0740. The van der Waals surface area contributed by atoms with E-state index in [1.807, 2.05) is 36.6 Å². The number of ether oxygens (including phenoxy) is 1. The van der Waals surface area contributed by atoms with Gasteiger partial charge < -0.3 is 15.4 Å². The van der Waals surface area contributed by atoms with Crippen molar-refractivity contribution in [3.8, 4) is 5.75 Å². The number of rotatable bonds is 7. The number of methoxy groups -OCH3 is 1. The maximum Gasteiger partial charge on any atom is 0.244 e. The first kappa shape index (κ1) is 17.7. The maximum absolute atomic E-state index is 11.7. The number of benzene rings is 1. The smallest absolute Gasteiger partial charge is 0.244 e. The minimum atomic E-state index is -0.333. The van der Waals surface area contributed by atoms with Crippen LogP contribution in [0.4, 0.5) is 0 Å². The fourth-order valence-electron chi connectivity index (χ4n) is 1.85. The van der Waals surface area contributed by atoms with Crippen molar-refractivity contribution in [2.75, 3.05) is 13.7 Å². The highest BCUT2D eigenvalue weighted by Crippen LogP contribution is 2.11. The Morgan fingerprint density at radius 3 is 2.62 bits per heavy atom. The van der Waals surface area contributed by atoms with Crippen LogP contribution >= 0.6 is 11.3 Å². The highest BCUT2D eigenvalue weighted by Gasteiger charge is 2.04. The van der Waals surface area contributed by atoms with Gasteiger partial charge in [0, 0.05) is 18.0 Å². The van der Waals surface area contributed by atoms with Gasteiger partial charge in [-0.05, 0) is 30.7 Å². The molecule has 0 unspecified atom stereocenters. The van der Waals surface area contributed by atoms with Crippen LogP contribution in [0, 0.1) is 6.92 Å². The summed E-state index contributed by atoms with van der Waals surface area (Å²) >= 11 is 1.52. The predicted molar refractivity (Wildman–Crippen MR) is 93.7 cm³/mol. The van der Waals surface area contributed by atoms with Crippen LogP contribution in [0.3, 0.4) is 0 Å². The summed E-state index contributed by atoms with van der Waals surface area (Å²) in [5, 5.41) is 8.07. The van der Waals surface area contributed by atoms with Gasteiger partial charge in [0.2, 0.25) is 11.8 Å². The molecule has 2 N–H and O–H groups in total. The van der Waals surface area contributed by atoms with Crippen molar-refractivity contribution in [2.24, 2.45) is 0 Å². The molecule has 6 nitrogen and oxygen atoms in total. The van der Waals surface area contributed by atoms with Gasteiger partial charge in [0.05, 0.1) is 24.4 Å². The van der Waals surface area contributed by atoms with Crippen molar-refractivity contribution < 1.29 is 14.3 Å². The van der Waals surface area contributed by atoms with Crippen LogP contribution in [-0.4, -0.2) is 30.5 Å². The van der Waals surface area contributed by atoms with Crippen LogP contribution in [0.5, 0.6) is 5.75 Å². The summed E-state index contributed by atoms with van der Waals surface area (Å²) in [5.74, 6) is 0.178. The maximum atomic E-state index is 11.7. The molecule has 0 saturated heterocycles. The second kappa shape index (κ2) is 8.83. The van der Waals surface area contributed by atoms with E-state index in [1.165, 1.54) is 17.4 Å². The number of thiazole rings is 1. The zero-order valence-electron chi connectivity index (χ0n) is 13.5. The largest absolute Gasteiger partial charge is 0.497 e. The number of amides is 2. The van der Waals surface area contributed by atoms with Crippen LogP contribution in [0.1, 0.15) is 16.3 Å². The summed E-state index contributed by atoms with van der Waals surface area (Å²) in [4.78, 5) is 27.6. The lowest BCUT2D eigenvalue weighted by Crippen LogP contribution is -2.35. The van der Waals surface area contributed by atoms with E-state index < -0.39 is 0 Å². The quantitative estimate of drug-likeness (QED) is 0.751. The van der Waals surface area contributed by atoms with Gasteiger partial charge >= 0.3 is 0 Å². The Morgan fingerprint density at radius 1 is 1.25 bits per heavy atom. The lowest BCUT2D eigenvalue weighted by atomic mass is 10.2. The molecule has 7 heteroatoms. The first-order valence-corrected chi connectivity index (χ1v) is 8.22. The Balaban J connectivity index is 1.70. The van der Waals surface area contributed by atoms with E-state index >= 15 is 0 Å². The zero-order chi connectivity index (χ0) is 17.4. The van der Waals surface area contributed by atoms with Crippen LogP contribution in [0.15, 0.2) is 35.7 Å². The molecule has 0 saturated carbocycles. The molecule has 0 spiro atoms. The summed E-state index contributed by atoms with van der Waals surface area (Å²) in [7, 11) is 1.60. The minimum Gasteiger partial charge on any atom is -0.497 e. The van der Waals surface area contributed by atoms with E-state index in [1.54, 1.807) is 13.2 Å². The average Bonchev–Trinajstić information content (AvgIpc) is 3.02.